The maximum absolute atomic E-state index is 13.3. The lowest BCUT2D eigenvalue weighted by molar-refractivity contribution is -0.150. The molecule has 0 aliphatic carbocycles. The molecule has 0 spiro atoms. The first-order chi connectivity index (χ1) is 20.3. The maximum atomic E-state index is 13.3. The Hall–Kier alpha value is -4.88. The number of carbonyl (C=O) groups excluding carboxylic acids is 6. The van der Waals surface area contributed by atoms with Gasteiger partial charge < -0.3 is 20.1 Å². The highest BCUT2D eigenvalue weighted by Gasteiger charge is 2.42. The minimum Gasteiger partial charge on any atom is -0.454 e. The van der Waals surface area contributed by atoms with Crippen LogP contribution in [0.5, 0.6) is 0 Å². The van der Waals surface area contributed by atoms with Gasteiger partial charge in [0.05, 0.1) is 26.7 Å². The molecule has 1 aliphatic heterocycles. The Morgan fingerprint density at radius 1 is 0.767 bits per heavy atom. The molecular weight excluding hydrogens is 615 g/mol. The number of hydrogen-bond acceptors (Lipinski definition) is 8. The van der Waals surface area contributed by atoms with Crippen molar-refractivity contribution in [3.05, 3.63) is 93.0 Å². The van der Waals surface area contributed by atoms with Gasteiger partial charge in [-0.15, -0.1) is 0 Å². The van der Waals surface area contributed by atoms with Crippen molar-refractivity contribution in [3.63, 3.8) is 0 Å². The number of ether oxygens (including phenoxy) is 2. The van der Waals surface area contributed by atoms with Crippen LogP contribution in [0.15, 0.2) is 54.6 Å². The Labute approximate surface area is 251 Å². The zero-order chi connectivity index (χ0) is 31.4. The van der Waals surface area contributed by atoms with Crippen LogP contribution in [-0.2, 0) is 23.9 Å². The van der Waals surface area contributed by atoms with E-state index in [1.165, 1.54) is 37.3 Å². The summed E-state index contributed by atoms with van der Waals surface area (Å²) in [6.07, 6.45) is 0. The molecule has 11 nitrogen and oxygen atoms in total. The van der Waals surface area contributed by atoms with E-state index in [2.05, 4.69) is 10.6 Å². The summed E-state index contributed by atoms with van der Waals surface area (Å²) >= 11 is 11.3. The predicted octanol–water partition coefficient (Wildman–Crippen LogP) is 4.23. The summed E-state index contributed by atoms with van der Waals surface area (Å²) in [4.78, 5) is 75.8. The van der Waals surface area contributed by atoms with Crippen molar-refractivity contribution >= 4 is 70.1 Å². The molecule has 1 aliphatic rings. The van der Waals surface area contributed by atoms with Crippen LogP contribution < -0.4 is 10.6 Å². The molecule has 0 fully saturated rings. The lowest BCUT2D eigenvalue weighted by Crippen LogP contribution is -2.44. The number of hydrogen-bond donors (Lipinski definition) is 2. The van der Waals surface area contributed by atoms with Crippen LogP contribution >= 0.6 is 23.2 Å². The molecule has 3 aromatic carbocycles. The number of nitrogens with one attached hydrogen (secondary N) is 2. The van der Waals surface area contributed by atoms with Gasteiger partial charge in [-0.25, -0.2) is 18.4 Å². The minimum atomic E-state index is -1.44. The molecule has 0 radical (unpaired) electrons. The molecule has 1 atom stereocenters. The molecule has 43 heavy (non-hydrogen) atoms. The Kier molecular flexibility index (Phi) is 9.37. The first kappa shape index (κ1) is 31.1. The number of amides is 4. The second-order valence-corrected chi connectivity index (χ2v) is 9.77. The summed E-state index contributed by atoms with van der Waals surface area (Å²) in [5.74, 6) is -6.73. The van der Waals surface area contributed by atoms with E-state index >= 15 is 0 Å². The lowest BCUT2D eigenvalue weighted by Gasteiger charge is -2.20. The first-order valence-electron chi connectivity index (χ1n) is 12.2. The number of nitrogens with zero attached hydrogens (tertiary/aromatic N) is 1. The molecule has 0 unspecified atom stereocenters. The van der Waals surface area contributed by atoms with Crippen molar-refractivity contribution in [2.75, 3.05) is 23.8 Å². The molecule has 4 amide bonds. The van der Waals surface area contributed by atoms with Crippen molar-refractivity contribution < 1.29 is 47.0 Å². The first-order valence-corrected chi connectivity index (χ1v) is 13.0. The van der Waals surface area contributed by atoms with Gasteiger partial charge in [-0.1, -0.05) is 23.2 Å². The van der Waals surface area contributed by atoms with Gasteiger partial charge in [0.1, 0.15) is 17.7 Å². The van der Waals surface area contributed by atoms with Gasteiger partial charge in [0.2, 0.25) is 0 Å². The van der Waals surface area contributed by atoms with Crippen LogP contribution in [0, 0.1) is 11.6 Å². The summed E-state index contributed by atoms with van der Waals surface area (Å²) in [5, 5.41) is 4.27. The van der Waals surface area contributed by atoms with Crippen molar-refractivity contribution in [2.45, 2.75) is 13.0 Å². The topological polar surface area (TPSA) is 148 Å². The molecule has 0 saturated heterocycles. The van der Waals surface area contributed by atoms with E-state index in [4.69, 9.17) is 32.7 Å². The smallest absolute Gasteiger partial charge is 0.338 e. The number of carbonyl (C=O) groups is 6. The van der Waals surface area contributed by atoms with E-state index in [0.717, 1.165) is 24.3 Å². The highest BCUT2D eigenvalue weighted by Crippen LogP contribution is 2.27. The van der Waals surface area contributed by atoms with Gasteiger partial charge in [0, 0.05) is 11.4 Å². The van der Waals surface area contributed by atoms with E-state index in [0.29, 0.717) is 4.90 Å². The largest absolute Gasteiger partial charge is 0.454 e. The normalized spacial score (nSPS) is 12.8. The molecule has 222 valence electrons. The third-order valence-electron chi connectivity index (χ3n) is 5.97. The van der Waals surface area contributed by atoms with E-state index in [-0.39, 0.29) is 38.1 Å². The Balaban J connectivity index is 1.33. The van der Waals surface area contributed by atoms with Gasteiger partial charge in [-0.2, -0.15) is 0 Å². The Morgan fingerprint density at radius 3 is 1.81 bits per heavy atom. The standard InChI is InChI=1S/C28H19Cl2F2N3O8/c1-13(27(40)42-11-23(36)33-15-3-6-21(31)19(29)9-15)35-25(38)17-5-2-14(8-18(17)26(35)39)28(41)43-12-24(37)34-16-4-7-22(32)20(30)10-16/h2-10,13H,11-12H2,1H3,(H,33,36)(H,34,37)/t13-/m1/s1. The molecular formula is C28H19Cl2F2N3O8. The zero-order valence-electron chi connectivity index (χ0n) is 21.9. The fraction of sp³-hybridized carbons (Fsp3) is 0.143. The van der Waals surface area contributed by atoms with Crippen molar-refractivity contribution in [3.8, 4) is 0 Å². The summed E-state index contributed by atoms with van der Waals surface area (Å²) < 4.78 is 36.4. The summed E-state index contributed by atoms with van der Waals surface area (Å²) in [6.45, 7) is -0.294. The van der Waals surface area contributed by atoms with Gasteiger partial charge in [0.25, 0.3) is 23.6 Å². The quantitative estimate of drug-likeness (QED) is 0.263. The molecule has 3 aromatic rings. The highest BCUT2D eigenvalue weighted by atomic mass is 35.5. The summed E-state index contributed by atoms with van der Waals surface area (Å²) in [7, 11) is 0. The van der Waals surface area contributed by atoms with Gasteiger partial charge in [-0.3, -0.25) is 24.1 Å². The van der Waals surface area contributed by atoms with E-state index in [9.17, 15) is 37.5 Å². The summed E-state index contributed by atoms with van der Waals surface area (Å²) in [5.41, 5.74) is -0.144. The predicted molar refractivity (Wildman–Crippen MR) is 148 cm³/mol. The number of fused-ring (bicyclic) bond motifs is 1. The monoisotopic (exact) mass is 633 g/mol. The average molecular weight is 634 g/mol. The fourth-order valence-electron chi connectivity index (χ4n) is 3.86. The minimum absolute atomic E-state index is 0.0990. The van der Waals surface area contributed by atoms with Crippen molar-refractivity contribution in [1.29, 1.82) is 0 Å². The van der Waals surface area contributed by atoms with Gasteiger partial charge >= 0.3 is 11.9 Å². The zero-order valence-corrected chi connectivity index (χ0v) is 23.4. The molecule has 0 aromatic heterocycles. The molecule has 2 N–H and O–H groups in total. The molecule has 0 saturated carbocycles. The highest BCUT2D eigenvalue weighted by molar-refractivity contribution is 6.31. The molecule has 15 heteroatoms. The Morgan fingerprint density at radius 2 is 1.28 bits per heavy atom. The third kappa shape index (κ3) is 7.13. The summed E-state index contributed by atoms with van der Waals surface area (Å²) in [6, 6.07) is 8.91. The van der Waals surface area contributed by atoms with Gasteiger partial charge in [0.15, 0.2) is 13.2 Å². The molecule has 0 bridgehead atoms. The van der Waals surface area contributed by atoms with Crippen LogP contribution in [0.3, 0.4) is 0 Å². The van der Waals surface area contributed by atoms with Crippen LogP contribution in [0.4, 0.5) is 20.2 Å². The van der Waals surface area contributed by atoms with E-state index in [1.807, 2.05) is 0 Å². The molecule has 1 heterocycles. The number of anilines is 2. The second kappa shape index (κ2) is 13.0. The number of rotatable bonds is 9. The van der Waals surface area contributed by atoms with E-state index in [1.54, 1.807) is 0 Å². The fourth-order valence-corrected chi connectivity index (χ4v) is 4.22. The maximum Gasteiger partial charge on any atom is 0.338 e. The number of benzene rings is 3. The van der Waals surface area contributed by atoms with E-state index < -0.39 is 66.5 Å². The molecule has 4 rings (SSSR count). The average Bonchev–Trinajstić information content (AvgIpc) is 3.22. The van der Waals surface area contributed by atoms with Crippen LogP contribution in [0.25, 0.3) is 0 Å². The van der Waals surface area contributed by atoms with Crippen molar-refractivity contribution in [1.82, 2.24) is 4.90 Å². The van der Waals surface area contributed by atoms with Crippen molar-refractivity contribution in [2.24, 2.45) is 0 Å². The van der Waals surface area contributed by atoms with Gasteiger partial charge in [-0.05, 0) is 61.5 Å². The lowest BCUT2D eigenvalue weighted by atomic mass is 10.1. The Bertz CT molecular complexity index is 1680. The third-order valence-corrected chi connectivity index (χ3v) is 6.55. The SMILES string of the molecule is C[C@H](C(=O)OCC(=O)Nc1ccc(F)c(Cl)c1)N1C(=O)c2ccc(C(=O)OCC(=O)Nc3ccc(F)c(Cl)c3)cc2C1=O. The second-order valence-electron chi connectivity index (χ2n) is 8.95. The number of imide groups is 1. The number of esters is 2. The van der Waals surface area contributed by atoms with Crippen LogP contribution in [0.2, 0.25) is 10.0 Å². The van der Waals surface area contributed by atoms with Crippen LogP contribution in [-0.4, -0.2) is 59.7 Å². The van der Waals surface area contributed by atoms with Crippen LogP contribution in [0.1, 0.15) is 38.0 Å². The number of halogens is 4.